The Labute approximate surface area is 242 Å². The molecule has 0 saturated carbocycles. The van der Waals surface area contributed by atoms with Crippen molar-refractivity contribution in [2.24, 2.45) is 5.92 Å². The average Bonchev–Trinajstić information content (AvgIpc) is 3.37. The van der Waals surface area contributed by atoms with Crippen LogP contribution in [-0.2, 0) is 30.9 Å². The van der Waals surface area contributed by atoms with Crippen LogP contribution in [0.25, 0.3) is 0 Å². The number of esters is 1. The van der Waals surface area contributed by atoms with Crippen LogP contribution in [0.2, 0.25) is 37.8 Å². The van der Waals surface area contributed by atoms with Gasteiger partial charge in [-0.3, -0.25) is 4.79 Å². The third-order valence-electron chi connectivity index (χ3n) is 8.20. The van der Waals surface area contributed by atoms with Gasteiger partial charge in [-0.25, -0.2) is 0 Å². The molecule has 0 unspecified atom stereocenters. The third kappa shape index (κ3) is 6.49. The lowest BCUT2D eigenvalue weighted by atomic mass is 9.70. The molecule has 0 radical (unpaired) electrons. The molecule has 1 aromatic carbocycles. The lowest BCUT2D eigenvalue weighted by Crippen LogP contribution is -2.62. The van der Waals surface area contributed by atoms with Gasteiger partial charge in [-0.05, 0) is 61.3 Å². The minimum absolute atomic E-state index is 0.0803. The van der Waals surface area contributed by atoms with E-state index in [0.29, 0.717) is 5.56 Å². The number of aliphatic hydroxyl groups is 1. The number of methoxy groups -OCH3 is 1. The zero-order valence-corrected chi connectivity index (χ0v) is 28.1. The van der Waals surface area contributed by atoms with Crippen LogP contribution < -0.4 is 10.1 Å². The standard InChI is InChI=1S/C31H48O7Si2/c1-12-35-28(32)25-19-21(2)26(38-40(10,11)30(3,4)5)27(37-20-22-13-15-23(34-6)16-14-22)31(25,33)24-17-18-36-29(24)39(7,8)9/h13-19,25-27,33H,12,20H2,1-11H3/t25-,26+,27-,31+/m0/s1. The summed E-state index contributed by atoms with van der Waals surface area (Å²) in [6.45, 7) is 21.5. The molecule has 0 spiro atoms. The molecule has 2 aromatic rings. The van der Waals surface area contributed by atoms with Gasteiger partial charge in [0.05, 0.1) is 38.1 Å². The summed E-state index contributed by atoms with van der Waals surface area (Å²) < 4.78 is 30.5. The summed E-state index contributed by atoms with van der Waals surface area (Å²) in [5.41, 5.74) is 0.530. The molecule has 1 N–H and O–H groups in total. The summed E-state index contributed by atoms with van der Waals surface area (Å²) in [6.07, 6.45) is 1.91. The van der Waals surface area contributed by atoms with E-state index in [-0.39, 0.29) is 18.3 Å². The smallest absolute Gasteiger partial charge is 0.316 e. The normalized spacial score (nSPS) is 24.0. The molecule has 9 heteroatoms. The van der Waals surface area contributed by atoms with Crippen molar-refractivity contribution < 1.29 is 33.0 Å². The highest BCUT2D eigenvalue weighted by molar-refractivity contribution is 6.88. The fraction of sp³-hybridized carbons (Fsp3) is 0.581. The molecular formula is C31H48O7Si2. The highest BCUT2D eigenvalue weighted by atomic mass is 28.4. The molecule has 0 amide bonds. The molecule has 3 rings (SSSR count). The Balaban J connectivity index is 2.23. The highest BCUT2D eigenvalue weighted by Gasteiger charge is 2.59. The molecule has 0 saturated heterocycles. The van der Waals surface area contributed by atoms with Crippen LogP contribution in [-0.4, -0.2) is 53.4 Å². The number of carbonyl (C=O) groups is 1. The first-order chi connectivity index (χ1) is 18.5. The number of carbonyl (C=O) groups excluding carboxylic acids is 1. The molecular weight excluding hydrogens is 541 g/mol. The molecule has 40 heavy (non-hydrogen) atoms. The van der Waals surface area contributed by atoms with Gasteiger partial charge in [-0.1, -0.05) is 58.6 Å². The predicted molar refractivity (Wildman–Crippen MR) is 163 cm³/mol. The Morgan fingerprint density at radius 2 is 1.70 bits per heavy atom. The monoisotopic (exact) mass is 588 g/mol. The van der Waals surface area contributed by atoms with E-state index in [2.05, 4.69) is 53.5 Å². The minimum atomic E-state index is -2.34. The van der Waals surface area contributed by atoms with E-state index < -0.39 is 46.1 Å². The maximum atomic E-state index is 13.5. The van der Waals surface area contributed by atoms with Crippen LogP contribution in [0.4, 0.5) is 0 Å². The van der Waals surface area contributed by atoms with E-state index in [1.807, 2.05) is 37.3 Å². The van der Waals surface area contributed by atoms with Crippen molar-refractivity contribution in [3.8, 4) is 5.75 Å². The van der Waals surface area contributed by atoms with E-state index >= 15 is 0 Å². The number of rotatable bonds is 10. The largest absolute Gasteiger partial charge is 0.497 e. The second kappa shape index (κ2) is 12.0. The second-order valence-corrected chi connectivity index (χ2v) is 23.0. The average molecular weight is 589 g/mol. The van der Waals surface area contributed by atoms with Crippen LogP contribution in [0.1, 0.15) is 45.7 Å². The molecule has 1 aromatic heterocycles. The van der Waals surface area contributed by atoms with E-state index in [0.717, 1.165) is 22.3 Å². The molecule has 0 bridgehead atoms. The lowest BCUT2D eigenvalue weighted by Gasteiger charge is -2.50. The SMILES string of the molecule is CCOC(=O)[C@@H]1C=C(C)[C@@H](O[Si](C)(C)C(C)(C)C)[C@H](OCc2ccc(OC)cc2)[C@@]1(O)c1ccoc1[Si](C)(C)C. The minimum Gasteiger partial charge on any atom is -0.497 e. The second-order valence-electron chi connectivity index (χ2n) is 13.3. The summed E-state index contributed by atoms with van der Waals surface area (Å²) in [5, 5.41) is 13.6. The van der Waals surface area contributed by atoms with Gasteiger partial charge in [0.2, 0.25) is 0 Å². The molecule has 1 aliphatic rings. The zero-order valence-electron chi connectivity index (χ0n) is 26.1. The number of furan rings is 1. The van der Waals surface area contributed by atoms with E-state index in [1.54, 1.807) is 26.4 Å². The third-order valence-corrected chi connectivity index (χ3v) is 14.4. The van der Waals surface area contributed by atoms with Crippen LogP contribution in [0, 0.1) is 5.92 Å². The summed E-state index contributed by atoms with van der Waals surface area (Å²) in [6, 6.07) is 9.40. The summed E-state index contributed by atoms with van der Waals surface area (Å²) in [4.78, 5) is 13.5. The van der Waals surface area contributed by atoms with Gasteiger partial charge >= 0.3 is 5.97 Å². The van der Waals surface area contributed by atoms with Gasteiger partial charge in [0.25, 0.3) is 0 Å². The Hall–Kier alpha value is -2.18. The van der Waals surface area contributed by atoms with Gasteiger partial charge in [0.1, 0.15) is 31.4 Å². The first-order valence-electron chi connectivity index (χ1n) is 14.1. The maximum absolute atomic E-state index is 13.5. The van der Waals surface area contributed by atoms with Crippen LogP contribution in [0.3, 0.4) is 0 Å². The van der Waals surface area contributed by atoms with Crippen molar-refractivity contribution in [3.63, 3.8) is 0 Å². The molecule has 222 valence electrons. The molecule has 1 aliphatic carbocycles. The number of hydrogen-bond donors (Lipinski definition) is 1. The highest BCUT2D eigenvalue weighted by Crippen LogP contribution is 2.47. The molecule has 7 nitrogen and oxygen atoms in total. The van der Waals surface area contributed by atoms with Crippen molar-refractivity contribution in [1.29, 1.82) is 0 Å². The first-order valence-corrected chi connectivity index (χ1v) is 20.5. The van der Waals surface area contributed by atoms with Gasteiger partial charge in [0.15, 0.2) is 8.32 Å². The molecule has 0 fully saturated rings. The molecule has 0 aliphatic heterocycles. The van der Waals surface area contributed by atoms with Crippen molar-refractivity contribution in [2.45, 2.75) is 96.8 Å². The van der Waals surface area contributed by atoms with Crippen LogP contribution >= 0.6 is 0 Å². The van der Waals surface area contributed by atoms with Crippen LogP contribution in [0.15, 0.2) is 52.7 Å². The van der Waals surface area contributed by atoms with Crippen molar-refractivity contribution in [3.05, 3.63) is 59.4 Å². The van der Waals surface area contributed by atoms with Crippen molar-refractivity contribution >= 4 is 27.7 Å². The number of hydrogen-bond acceptors (Lipinski definition) is 7. The zero-order chi connectivity index (χ0) is 30.1. The van der Waals surface area contributed by atoms with Crippen molar-refractivity contribution in [2.75, 3.05) is 13.7 Å². The van der Waals surface area contributed by atoms with Crippen LogP contribution in [0.5, 0.6) is 5.75 Å². The Kier molecular flexibility index (Phi) is 9.68. The van der Waals surface area contributed by atoms with E-state index in [4.69, 9.17) is 23.1 Å². The summed E-state index contributed by atoms with van der Waals surface area (Å²) >= 11 is 0. The van der Waals surface area contributed by atoms with Crippen molar-refractivity contribution in [1.82, 2.24) is 0 Å². The number of ether oxygens (including phenoxy) is 3. The first kappa shape index (κ1) is 32.3. The fourth-order valence-electron chi connectivity index (χ4n) is 4.91. The van der Waals surface area contributed by atoms with Gasteiger partial charge < -0.3 is 28.2 Å². The Morgan fingerprint density at radius 3 is 2.23 bits per heavy atom. The fourth-order valence-corrected chi connectivity index (χ4v) is 7.72. The predicted octanol–water partition coefficient (Wildman–Crippen LogP) is 6.14. The topological polar surface area (TPSA) is 87.4 Å². The van der Waals surface area contributed by atoms with Gasteiger partial charge in [0, 0.05) is 5.56 Å². The van der Waals surface area contributed by atoms with E-state index in [9.17, 15) is 9.90 Å². The van der Waals surface area contributed by atoms with E-state index in [1.165, 1.54) is 0 Å². The van der Waals surface area contributed by atoms with Gasteiger partial charge in [-0.2, -0.15) is 0 Å². The quantitative estimate of drug-likeness (QED) is 0.203. The number of benzene rings is 1. The summed E-state index contributed by atoms with van der Waals surface area (Å²) in [5.74, 6) is -0.757. The Bertz CT molecular complexity index is 1190. The maximum Gasteiger partial charge on any atom is 0.316 e. The Morgan fingerprint density at radius 1 is 1.07 bits per heavy atom. The van der Waals surface area contributed by atoms with Gasteiger partial charge in [-0.15, -0.1) is 0 Å². The summed E-state index contributed by atoms with van der Waals surface area (Å²) in [7, 11) is -2.79. The molecule has 1 heterocycles. The lowest BCUT2D eigenvalue weighted by molar-refractivity contribution is -0.194. The molecule has 4 atom stereocenters.